The lowest BCUT2D eigenvalue weighted by atomic mass is 10.0. The summed E-state index contributed by atoms with van der Waals surface area (Å²) in [6, 6.07) is 8.30. The van der Waals surface area contributed by atoms with E-state index in [0.29, 0.717) is 31.2 Å². The average Bonchev–Trinajstić information content (AvgIpc) is 2.82. The monoisotopic (exact) mass is 432 g/mol. The third-order valence-corrected chi connectivity index (χ3v) is 5.67. The minimum Gasteiger partial charge on any atom is -0.494 e. The quantitative estimate of drug-likeness (QED) is 0.581. The number of carbonyl (C=O) groups excluding carboxylic acids is 1. The van der Waals surface area contributed by atoms with E-state index in [1.807, 2.05) is 29.0 Å². The molecule has 1 aliphatic heterocycles. The van der Waals surface area contributed by atoms with E-state index in [4.69, 9.17) is 4.74 Å². The molecule has 0 unspecified atom stereocenters. The maximum Gasteiger partial charge on any atom is 0.242 e. The van der Waals surface area contributed by atoms with Crippen molar-refractivity contribution in [3.05, 3.63) is 78.0 Å². The molecular weight excluding hydrogens is 400 g/mol. The lowest BCUT2D eigenvalue weighted by Gasteiger charge is -2.29. The van der Waals surface area contributed by atoms with E-state index in [1.54, 1.807) is 19.5 Å². The number of ether oxygens (including phenoxy) is 1. The van der Waals surface area contributed by atoms with Crippen LogP contribution >= 0.6 is 0 Å². The summed E-state index contributed by atoms with van der Waals surface area (Å²) in [7, 11) is 3.56. The molecule has 0 radical (unpaired) electrons. The average molecular weight is 433 g/mol. The molecule has 2 aromatic rings. The van der Waals surface area contributed by atoms with Gasteiger partial charge in [-0.25, -0.2) is 9.97 Å². The fraction of sp³-hybridized carbons (Fsp3) is 0.346. The first-order chi connectivity index (χ1) is 15.4. The van der Waals surface area contributed by atoms with Crippen LogP contribution in [0.25, 0.3) is 11.1 Å². The van der Waals surface area contributed by atoms with Crippen molar-refractivity contribution in [2.24, 2.45) is 0 Å². The predicted molar refractivity (Wildman–Crippen MR) is 129 cm³/mol. The van der Waals surface area contributed by atoms with Crippen LogP contribution in [0.3, 0.4) is 0 Å². The first-order valence-electron chi connectivity index (χ1n) is 10.9. The molecule has 0 saturated heterocycles. The van der Waals surface area contributed by atoms with Gasteiger partial charge in [-0.2, -0.15) is 0 Å². The van der Waals surface area contributed by atoms with Crippen LogP contribution < -0.4 is 4.74 Å². The highest BCUT2D eigenvalue weighted by atomic mass is 16.5. The minimum absolute atomic E-state index is 0.110. The van der Waals surface area contributed by atoms with Gasteiger partial charge in [0.15, 0.2) is 11.6 Å². The Morgan fingerprint density at radius 3 is 2.66 bits per heavy atom. The summed E-state index contributed by atoms with van der Waals surface area (Å²) in [5.41, 5.74) is 5.41. The van der Waals surface area contributed by atoms with Crippen LogP contribution in [0, 0.1) is 6.92 Å². The van der Waals surface area contributed by atoms with Gasteiger partial charge in [-0.1, -0.05) is 49.4 Å². The first-order valence-corrected chi connectivity index (χ1v) is 10.9. The van der Waals surface area contributed by atoms with Crippen molar-refractivity contribution in [1.82, 2.24) is 19.8 Å². The van der Waals surface area contributed by atoms with Crippen molar-refractivity contribution in [2.75, 3.05) is 33.8 Å². The zero-order chi connectivity index (χ0) is 23.1. The number of nitrogens with zero attached hydrogens (tertiary/aromatic N) is 4. The van der Waals surface area contributed by atoms with Crippen molar-refractivity contribution in [1.29, 1.82) is 0 Å². The molecule has 168 valence electrons. The van der Waals surface area contributed by atoms with Gasteiger partial charge in [0.05, 0.1) is 26.0 Å². The number of allylic oxidation sites excluding steroid dienone is 3. The number of amides is 1. The van der Waals surface area contributed by atoms with E-state index in [2.05, 4.69) is 54.7 Å². The molecule has 0 saturated carbocycles. The van der Waals surface area contributed by atoms with Crippen molar-refractivity contribution < 1.29 is 9.53 Å². The zero-order valence-corrected chi connectivity index (χ0v) is 19.5. The van der Waals surface area contributed by atoms with Crippen molar-refractivity contribution in [3.8, 4) is 5.75 Å². The Hall–Kier alpha value is -3.41. The molecule has 0 atom stereocenters. The largest absolute Gasteiger partial charge is 0.494 e. The number of hydrogen-bond donors (Lipinski definition) is 0. The van der Waals surface area contributed by atoms with E-state index in [-0.39, 0.29) is 5.91 Å². The van der Waals surface area contributed by atoms with E-state index in [0.717, 1.165) is 35.2 Å². The van der Waals surface area contributed by atoms with Crippen LogP contribution in [0.4, 0.5) is 0 Å². The molecule has 6 nitrogen and oxygen atoms in total. The van der Waals surface area contributed by atoms with Gasteiger partial charge < -0.3 is 14.5 Å². The number of carbonyl (C=O) groups is 1. The summed E-state index contributed by atoms with van der Waals surface area (Å²) >= 11 is 0. The van der Waals surface area contributed by atoms with Crippen molar-refractivity contribution in [2.45, 2.75) is 26.7 Å². The fourth-order valence-electron chi connectivity index (χ4n) is 3.70. The first kappa shape index (κ1) is 23.3. The number of rotatable bonds is 8. The van der Waals surface area contributed by atoms with E-state index >= 15 is 0 Å². The van der Waals surface area contributed by atoms with E-state index < -0.39 is 0 Å². The number of likely N-dealkylation sites (N-methyl/N-ethyl adjacent to an activating group) is 1. The highest BCUT2D eigenvalue weighted by molar-refractivity contribution is 5.80. The molecule has 1 aliphatic rings. The Kier molecular flexibility index (Phi) is 7.82. The zero-order valence-electron chi connectivity index (χ0n) is 19.5. The normalized spacial score (nSPS) is 14.1. The molecule has 6 heteroatoms. The van der Waals surface area contributed by atoms with Crippen molar-refractivity contribution >= 4 is 17.1 Å². The summed E-state index contributed by atoms with van der Waals surface area (Å²) < 4.78 is 5.11. The SMILES string of the molecule is C=C(/C=C(/CC)N(C)CC(=O)N1CC=C(c2ncc(OC)cn2)CC1)c1cccc(C)c1. The van der Waals surface area contributed by atoms with Crippen LogP contribution in [-0.2, 0) is 4.79 Å². The standard InChI is InChI=1S/C26H32N4O2/c1-6-23(15-20(3)22-9-7-8-19(2)14-22)29(4)18-25(31)30-12-10-21(11-13-30)26-27-16-24(32-5)17-28-26/h7-10,14-17H,3,6,11-13,18H2,1-2,4-5H3/b23-15-. The molecule has 0 fully saturated rings. The topological polar surface area (TPSA) is 58.6 Å². The molecule has 1 aromatic heterocycles. The number of hydrogen-bond acceptors (Lipinski definition) is 5. The minimum atomic E-state index is 0.110. The lowest BCUT2D eigenvalue weighted by molar-refractivity contribution is -0.131. The second kappa shape index (κ2) is 10.8. The number of aryl methyl sites for hydroxylation is 1. The molecule has 0 N–H and O–H groups in total. The predicted octanol–water partition coefficient (Wildman–Crippen LogP) is 4.35. The smallest absolute Gasteiger partial charge is 0.242 e. The van der Waals surface area contributed by atoms with Crippen LogP contribution in [0.2, 0.25) is 0 Å². The Morgan fingerprint density at radius 1 is 1.31 bits per heavy atom. The van der Waals surface area contributed by atoms with E-state index in [1.165, 1.54) is 5.56 Å². The van der Waals surface area contributed by atoms with Gasteiger partial charge in [0.25, 0.3) is 0 Å². The van der Waals surface area contributed by atoms with E-state index in [9.17, 15) is 4.79 Å². The molecule has 1 amide bonds. The van der Waals surface area contributed by atoms with Crippen LogP contribution in [0.1, 0.15) is 36.7 Å². The number of methoxy groups -OCH3 is 1. The second-order valence-corrected chi connectivity index (χ2v) is 8.01. The lowest BCUT2D eigenvalue weighted by Crippen LogP contribution is -2.40. The van der Waals surface area contributed by atoms with Gasteiger partial charge in [-0.3, -0.25) is 4.79 Å². The molecule has 1 aromatic carbocycles. The maximum absolute atomic E-state index is 12.9. The summed E-state index contributed by atoms with van der Waals surface area (Å²) in [5, 5.41) is 0. The van der Waals surface area contributed by atoms with Crippen LogP contribution in [0.15, 0.2) is 61.1 Å². The van der Waals surface area contributed by atoms with Crippen LogP contribution in [-0.4, -0.2) is 59.5 Å². The molecular formula is C26H32N4O2. The van der Waals surface area contributed by atoms with Gasteiger partial charge in [-0.15, -0.1) is 0 Å². The Balaban J connectivity index is 1.60. The van der Waals surface area contributed by atoms with Gasteiger partial charge in [0.1, 0.15) is 0 Å². The Bertz CT molecular complexity index is 1020. The van der Waals surface area contributed by atoms with Crippen LogP contribution in [0.5, 0.6) is 5.75 Å². The fourth-order valence-corrected chi connectivity index (χ4v) is 3.70. The third kappa shape index (κ3) is 5.84. The summed E-state index contributed by atoms with van der Waals surface area (Å²) in [6.45, 7) is 9.97. The molecule has 32 heavy (non-hydrogen) atoms. The Labute approximate surface area is 190 Å². The molecule has 3 rings (SSSR count). The summed E-state index contributed by atoms with van der Waals surface area (Å²) in [5.74, 6) is 1.44. The highest BCUT2D eigenvalue weighted by Crippen LogP contribution is 2.22. The molecule has 0 spiro atoms. The molecule has 0 aliphatic carbocycles. The number of aromatic nitrogens is 2. The second-order valence-electron chi connectivity index (χ2n) is 8.01. The molecule has 0 bridgehead atoms. The summed E-state index contributed by atoms with van der Waals surface area (Å²) in [4.78, 5) is 25.5. The van der Waals surface area contributed by atoms with Gasteiger partial charge in [0, 0.05) is 25.8 Å². The molecule has 2 heterocycles. The highest BCUT2D eigenvalue weighted by Gasteiger charge is 2.20. The van der Waals surface area contributed by atoms with Gasteiger partial charge in [0.2, 0.25) is 5.91 Å². The van der Waals surface area contributed by atoms with Gasteiger partial charge in [-0.05, 0) is 42.6 Å². The van der Waals surface area contributed by atoms with Gasteiger partial charge >= 0.3 is 0 Å². The summed E-state index contributed by atoms with van der Waals surface area (Å²) in [6.07, 6.45) is 9.02. The maximum atomic E-state index is 12.9. The van der Waals surface area contributed by atoms with Crippen molar-refractivity contribution in [3.63, 3.8) is 0 Å². The number of benzene rings is 1. The Morgan fingerprint density at radius 2 is 2.06 bits per heavy atom. The third-order valence-electron chi connectivity index (χ3n) is 5.67.